The number of nitrogens with one attached hydrogen (secondary N) is 1. The summed E-state index contributed by atoms with van der Waals surface area (Å²) in [4.78, 5) is 12.2. The highest BCUT2D eigenvalue weighted by Crippen LogP contribution is 2.29. The molecule has 4 nitrogen and oxygen atoms in total. The molecule has 1 unspecified atom stereocenters. The van der Waals surface area contributed by atoms with Crippen molar-refractivity contribution in [3.63, 3.8) is 0 Å². The fourth-order valence-corrected chi connectivity index (χ4v) is 2.57. The van der Waals surface area contributed by atoms with Crippen LogP contribution in [-0.2, 0) is 0 Å². The Labute approximate surface area is 131 Å². The minimum atomic E-state index is -0.588. The number of aryl methyl sites for hydroxylation is 2. The summed E-state index contributed by atoms with van der Waals surface area (Å²) in [7, 11) is 0. The molecular formula is C14H13Cl2FN2O2. The minimum absolute atomic E-state index is 0.0620. The Bertz CT molecular complexity index is 681. The lowest BCUT2D eigenvalue weighted by Crippen LogP contribution is -2.27. The van der Waals surface area contributed by atoms with Crippen molar-refractivity contribution in [1.29, 1.82) is 0 Å². The van der Waals surface area contributed by atoms with Gasteiger partial charge in [0.25, 0.3) is 5.91 Å². The van der Waals surface area contributed by atoms with Gasteiger partial charge in [0, 0.05) is 5.02 Å². The molecule has 1 heterocycles. The molecule has 0 fully saturated rings. The number of rotatable bonds is 3. The van der Waals surface area contributed by atoms with E-state index in [0.29, 0.717) is 22.6 Å². The summed E-state index contributed by atoms with van der Waals surface area (Å²) >= 11 is 11.7. The molecule has 0 spiro atoms. The maximum absolute atomic E-state index is 13.5. The van der Waals surface area contributed by atoms with Crippen LogP contribution in [0.5, 0.6) is 0 Å². The third kappa shape index (κ3) is 3.19. The first kappa shape index (κ1) is 15.8. The molecule has 2 rings (SSSR count). The molecule has 1 aromatic carbocycles. The van der Waals surface area contributed by atoms with Crippen molar-refractivity contribution in [2.45, 2.75) is 26.8 Å². The van der Waals surface area contributed by atoms with Crippen LogP contribution in [0.25, 0.3) is 0 Å². The predicted octanol–water partition coefficient (Wildman–Crippen LogP) is 4.23. The van der Waals surface area contributed by atoms with Gasteiger partial charge in [0.1, 0.15) is 17.1 Å². The van der Waals surface area contributed by atoms with E-state index in [1.54, 1.807) is 20.8 Å². The molecule has 1 N–H and O–H groups in total. The molecule has 0 radical (unpaired) electrons. The van der Waals surface area contributed by atoms with E-state index in [1.807, 2.05) is 0 Å². The number of benzene rings is 1. The standard InChI is InChI=1S/C14H13Cl2FN2O2/c1-6(9-4-12(17)11(16)5-10(9)15)18-14(20)13-7(2)19-21-8(13)3/h4-6H,1-3H3,(H,18,20). The Morgan fingerprint density at radius 2 is 2.00 bits per heavy atom. The summed E-state index contributed by atoms with van der Waals surface area (Å²) in [5, 5.41) is 6.68. The highest BCUT2D eigenvalue weighted by molar-refractivity contribution is 6.35. The number of halogens is 3. The van der Waals surface area contributed by atoms with Gasteiger partial charge in [-0.15, -0.1) is 0 Å². The van der Waals surface area contributed by atoms with E-state index in [9.17, 15) is 9.18 Å². The number of aromatic nitrogens is 1. The Balaban J connectivity index is 2.24. The number of hydrogen-bond donors (Lipinski definition) is 1. The number of hydrogen-bond acceptors (Lipinski definition) is 3. The first-order chi connectivity index (χ1) is 9.81. The molecule has 1 atom stereocenters. The normalized spacial score (nSPS) is 12.3. The first-order valence-corrected chi connectivity index (χ1v) is 6.95. The largest absolute Gasteiger partial charge is 0.361 e. The zero-order valence-electron chi connectivity index (χ0n) is 11.6. The fourth-order valence-electron chi connectivity index (χ4n) is 2.02. The van der Waals surface area contributed by atoms with E-state index in [2.05, 4.69) is 10.5 Å². The molecule has 0 saturated heterocycles. The molecule has 0 bridgehead atoms. The average Bonchev–Trinajstić information content (AvgIpc) is 2.73. The van der Waals surface area contributed by atoms with Crippen LogP contribution in [0.1, 0.15) is 40.3 Å². The predicted molar refractivity (Wildman–Crippen MR) is 78.3 cm³/mol. The lowest BCUT2D eigenvalue weighted by molar-refractivity contribution is 0.0938. The van der Waals surface area contributed by atoms with Crippen LogP contribution in [0.3, 0.4) is 0 Å². The molecule has 0 aliphatic carbocycles. The van der Waals surface area contributed by atoms with E-state index in [-0.39, 0.29) is 16.0 Å². The van der Waals surface area contributed by atoms with Crippen molar-refractivity contribution >= 4 is 29.1 Å². The summed E-state index contributed by atoms with van der Waals surface area (Å²) < 4.78 is 18.5. The summed E-state index contributed by atoms with van der Waals surface area (Å²) in [6.45, 7) is 5.02. The van der Waals surface area contributed by atoms with Crippen molar-refractivity contribution in [2.24, 2.45) is 0 Å². The van der Waals surface area contributed by atoms with E-state index in [1.165, 1.54) is 12.1 Å². The summed E-state index contributed by atoms with van der Waals surface area (Å²) in [6.07, 6.45) is 0. The van der Waals surface area contributed by atoms with Gasteiger partial charge in [-0.2, -0.15) is 0 Å². The van der Waals surface area contributed by atoms with Crippen LogP contribution in [0.2, 0.25) is 10.0 Å². The number of nitrogens with zero attached hydrogens (tertiary/aromatic N) is 1. The Hall–Kier alpha value is -1.59. The smallest absolute Gasteiger partial charge is 0.257 e. The molecule has 112 valence electrons. The van der Waals surface area contributed by atoms with Crippen LogP contribution in [-0.4, -0.2) is 11.1 Å². The van der Waals surface area contributed by atoms with Gasteiger partial charge in [-0.25, -0.2) is 4.39 Å². The van der Waals surface area contributed by atoms with Crippen molar-refractivity contribution in [3.05, 3.63) is 50.6 Å². The second kappa shape index (κ2) is 6.03. The van der Waals surface area contributed by atoms with Gasteiger partial charge in [0.2, 0.25) is 0 Å². The maximum Gasteiger partial charge on any atom is 0.257 e. The average molecular weight is 331 g/mol. The van der Waals surface area contributed by atoms with Crippen molar-refractivity contribution in [1.82, 2.24) is 10.5 Å². The SMILES string of the molecule is Cc1noc(C)c1C(=O)NC(C)c1cc(F)c(Cl)cc1Cl. The van der Waals surface area contributed by atoms with Crippen molar-refractivity contribution < 1.29 is 13.7 Å². The van der Waals surface area contributed by atoms with Crippen LogP contribution < -0.4 is 5.32 Å². The maximum atomic E-state index is 13.5. The fraction of sp³-hybridized carbons (Fsp3) is 0.286. The summed E-state index contributed by atoms with van der Waals surface area (Å²) in [5.74, 6) is -0.523. The number of carbonyl (C=O) groups excluding carboxylic acids is 1. The molecule has 1 amide bonds. The van der Waals surface area contributed by atoms with Crippen molar-refractivity contribution in [2.75, 3.05) is 0 Å². The highest BCUT2D eigenvalue weighted by Gasteiger charge is 2.21. The number of amides is 1. The molecule has 21 heavy (non-hydrogen) atoms. The molecule has 1 aromatic heterocycles. The van der Waals surface area contributed by atoms with Gasteiger partial charge in [-0.3, -0.25) is 4.79 Å². The quantitative estimate of drug-likeness (QED) is 0.857. The molecule has 0 saturated carbocycles. The summed E-state index contributed by atoms with van der Waals surface area (Å²) in [6, 6.07) is 2.03. The number of carbonyl (C=O) groups is 1. The summed E-state index contributed by atoms with van der Waals surface area (Å²) in [5.41, 5.74) is 1.30. The lowest BCUT2D eigenvalue weighted by atomic mass is 10.1. The minimum Gasteiger partial charge on any atom is -0.361 e. The second-order valence-corrected chi connectivity index (χ2v) is 5.50. The second-order valence-electron chi connectivity index (χ2n) is 4.68. The van der Waals surface area contributed by atoms with E-state index >= 15 is 0 Å². The Morgan fingerprint density at radius 3 is 2.57 bits per heavy atom. The van der Waals surface area contributed by atoms with Crippen LogP contribution in [0.4, 0.5) is 4.39 Å². The van der Waals surface area contributed by atoms with E-state index in [0.717, 1.165) is 0 Å². The van der Waals surface area contributed by atoms with E-state index < -0.39 is 11.9 Å². The Morgan fingerprint density at radius 1 is 1.33 bits per heavy atom. The third-order valence-electron chi connectivity index (χ3n) is 3.11. The highest BCUT2D eigenvalue weighted by atomic mass is 35.5. The molecule has 2 aromatic rings. The topological polar surface area (TPSA) is 55.1 Å². The van der Waals surface area contributed by atoms with Gasteiger partial charge >= 0.3 is 0 Å². The van der Waals surface area contributed by atoms with Crippen LogP contribution in [0.15, 0.2) is 16.7 Å². The zero-order chi connectivity index (χ0) is 15.7. The van der Waals surface area contributed by atoms with Gasteiger partial charge in [-0.1, -0.05) is 28.4 Å². The third-order valence-corrected chi connectivity index (χ3v) is 3.73. The van der Waals surface area contributed by atoms with Gasteiger partial charge in [-0.05, 0) is 38.5 Å². The van der Waals surface area contributed by atoms with Gasteiger partial charge in [0.15, 0.2) is 0 Å². The van der Waals surface area contributed by atoms with Crippen LogP contribution in [0, 0.1) is 19.7 Å². The van der Waals surface area contributed by atoms with Gasteiger partial charge in [0.05, 0.1) is 16.8 Å². The van der Waals surface area contributed by atoms with Crippen LogP contribution >= 0.6 is 23.2 Å². The molecule has 0 aliphatic rings. The van der Waals surface area contributed by atoms with E-state index in [4.69, 9.17) is 27.7 Å². The molecule has 0 aliphatic heterocycles. The molecule has 7 heteroatoms. The molecular weight excluding hydrogens is 318 g/mol. The Kier molecular flexibility index (Phi) is 4.54. The van der Waals surface area contributed by atoms with Gasteiger partial charge < -0.3 is 9.84 Å². The zero-order valence-corrected chi connectivity index (χ0v) is 13.1. The lowest BCUT2D eigenvalue weighted by Gasteiger charge is -2.16. The van der Waals surface area contributed by atoms with Crippen molar-refractivity contribution in [3.8, 4) is 0 Å². The monoisotopic (exact) mass is 330 g/mol. The first-order valence-electron chi connectivity index (χ1n) is 6.19.